The highest BCUT2D eigenvalue weighted by Gasteiger charge is 2.18. The van der Waals surface area contributed by atoms with Crippen LogP contribution in [0.15, 0.2) is 51.8 Å². The van der Waals surface area contributed by atoms with Crippen LogP contribution in [0.1, 0.15) is 17.3 Å². The summed E-state index contributed by atoms with van der Waals surface area (Å²) in [5, 5.41) is 10.6. The van der Waals surface area contributed by atoms with E-state index in [9.17, 15) is 4.79 Å². The maximum absolute atomic E-state index is 12.6. The van der Waals surface area contributed by atoms with Gasteiger partial charge in [0.2, 0.25) is 0 Å². The Bertz CT molecular complexity index is 942. The van der Waals surface area contributed by atoms with Gasteiger partial charge in [0.25, 0.3) is 11.8 Å². The Labute approximate surface area is 161 Å². The minimum Gasteiger partial charge on any atom is -0.497 e. The lowest BCUT2D eigenvalue weighted by molar-refractivity contribution is 0.102. The van der Waals surface area contributed by atoms with Crippen LogP contribution in [-0.4, -0.2) is 36.1 Å². The van der Waals surface area contributed by atoms with Crippen LogP contribution in [0.3, 0.4) is 0 Å². The van der Waals surface area contributed by atoms with Gasteiger partial charge < -0.3 is 13.9 Å². The smallest absolute Gasteiger partial charge is 0.322 e. The highest BCUT2D eigenvalue weighted by atomic mass is 32.2. The Kier molecular flexibility index (Phi) is 5.97. The summed E-state index contributed by atoms with van der Waals surface area (Å²) < 4.78 is 16.2. The zero-order chi connectivity index (χ0) is 19.2. The van der Waals surface area contributed by atoms with E-state index in [1.54, 1.807) is 50.2 Å². The molecule has 0 aliphatic heterocycles. The number of methoxy groups -OCH3 is 2. The second-order valence-electron chi connectivity index (χ2n) is 5.36. The molecule has 140 valence electrons. The molecule has 1 aromatic heterocycles. The van der Waals surface area contributed by atoms with Crippen molar-refractivity contribution in [3.8, 4) is 23.0 Å². The van der Waals surface area contributed by atoms with Crippen LogP contribution in [-0.2, 0) is 0 Å². The number of amides is 1. The van der Waals surface area contributed by atoms with Gasteiger partial charge in [-0.3, -0.25) is 10.1 Å². The van der Waals surface area contributed by atoms with Crippen LogP contribution in [0.25, 0.3) is 11.5 Å². The van der Waals surface area contributed by atoms with Crippen molar-refractivity contribution >= 4 is 23.7 Å². The molecule has 0 aliphatic carbocycles. The van der Waals surface area contributed by atoms with E-state index in [1.165, 1.54) is 0 Å². The number of carbonyl (C=O) groups excluding carboxylic acids is 1. The Morgan fingerprint density at radius 3 is 2.70 bits per heavy atom. The minimum atomic E-state index is -0.306. The lowest BCUT2D eigenvalue weighted by Gasteiger charge is -2.07. The SMILES string of the molecule is CCSc1ccccc1C(=O)Nc1nnc(-c2cc(OC)ccc2OC)o1. The van der Waals surface area contributed by atoms with E-state index in [0.717, 1.165) is 10.6 Å². The van der Waals surface area contributed by atoms with Gasteiger partial charge in [-0.15, -0.1) is 16.9 Å². The second-order valence-corrected chi connectivity index (χ2v) is 6.67. The van der Waals surface area contributed by atoms with Gasteiger partial charge in [0.1, 0.15) is 11.5 Å². The molecule has 3 rings (SSSR count). The molecule has 1 amide bonds. The lowest BCUT2D eigenvalue weighted by atomic mass is 10.2. The fraction of sp³-hybridized carbons (Fsp3) is 0.211. The van der Waals surface area contributed by atoms with Crippen molar-refractivity contribution in [3.63, 3.8) is 0 Å². The van der Waals surface area contributed by atoms with Gasteiger partial charge >= 0.3 is 6.01 Å². The summed E-state index contributed by atoms with van der Waals surface area (Å²) in [7, 11) is 3.11. The minimum absolute atomic E-state index is 0.0103. The molecule has 7 nitrogen and oxygen atoms in total. The van der Waals surface area contributed by atoms with E-state index in [0.29, 0.717) is 22.6 Å². The number of hydrogen-bond donors (Lipinski definition) is 1. The lowest BCUT2D eigenvalue weighted by Crippen LogP contribution is -2.13. The van der Waals surface area contributed by atoms with Crippen molar-refractivity contribution in [2.45, 2.75) is 11.8 Å². The van der Waals surface area contributed by atoms with Gasteiger partial charge in [0.05, 0.1) is 25.3 Å². The second kappa shape index (κ2) is 8.59. The van der Waals surface area contributed by atoms with Crippen LogP contribution in [0, 0.1) is 0 Å². The van der Waals surface area contributed by atoms with Crippen molar-refractivity contribution in [1.82, 2.24) is 10.2 Å². The molecule has 0 atom stereocenters. The Morgan fingerprint density at radius 1 is 1.15 bits per heavy atom. The van der Waals surface area contributed by atoms with Crippen molar-refractivity contribution in [2.75, 3.05) is 25.3 Å². The predicted molar refractivity (Wildman–Crippen MR) is 104 cm³/mol. The monoisotopic (exact) mass is 385 g/mol. The largest absolute Gasteiger partial charge is 0.497 e. The van der Waals surface area contributed by atoms with Gasteiger partial charge in [-0.05, 0) is 36.1 Å². The molecule has 8 heteroatoms. The number of aromatic nitrogens is 2. The highest BCUT2D eigenvalue weighted by molar-refractivity contribution is 7.99. The van der Waals surface area contributed by atoms with Crippen molar-refractivity contribution < 1.29 is 18.7 Å². The average molecular weight is 385 g/mol. The molecule has 27 heavy (non-hydrogen) atoms. The summed E-state index contributed by atoms with van der Waals surface area (Å²) in [5.41, 5.74) is 1.13. The average Bonchev–Trinajstić information content (AvgIpc) is 3.16. The fourth-order valence-corrected chi connectivity index (χ4v) is 3.27. The van der Waals surface area contributed by atoms with Gasteiger partial charge in [-0.1, -0.05) is 24.2 Å². The van der Waals surface area contributed by atoms with Gasteiger partial charge in [-0.25, -0.2) is 0 Å². The highest BCUT2D eigenvalue weighted by Crippen LogP contribution is 2.33. The topological polar surface area (TPSA) is 86.5 Å². The number of rotatable bonds is 7. The Morgan fingerprint density at radius 2 is 1.96 bits per heavy atom. The first-order chi connectivity index (χ1) is 13.2. The zero-order valence-corrected chi connectivity index (χ0v) is 16.0. The first kappa shape index (κ1) is 18.8. The summed E-state index contributed by atoms with van der Waals surface area (Å²) in [6, 6.07) is 12.6. The molecule has 1 N–H and O–H groups in total. The van der Waals surface area contributed by atoms with E-state index < -0.39 is 0 Å². The van der Waals surface area contributed by atoms with E-state index >= 15 is 0 Å². The first-order valence-corrected chi connectivity index (χ1v) is 9.24. The third-order valence-electron chi connectivity index (χ3n) is 3.71. The van der Waals surface area contributed by atoms with Gasteiger partial charge in [0.15, 0.2) is 0 Å². The zero-order valence-electron chi connectivity index (χ0n) is 15.2. The maximum Gasteiger partial charge on any atom is 0.322 e. The molecule has 0 saturated heterocycles. The molecule has 0 aliphatic rings. The molecule has 0 spiro atoms. The van der Waals surface area contributed by atoms with E-state index in [2.05, 4.69) is 15.5 Å². The van der Waals surface area contributed by atoms with Gasteiger partial charge in [-0.2, -0.15) is 0 Å². The third kappa shape index (κ3) is 4.22. The summed E-state index contributed by atoms with van der Waals surface area (Å²) in [6.45, 7) is 2.03. The standard InChI is InChI=1S/C19H19N3O4S/c1-4-27-16-8-6-5-7-13(16)17(23)20-19-22-21-18(26-19)14-11-12(24-2)9-10-15(14)25-3/h5-11H,4H2,1-3H3,(H,20,22,23). The quantitative estimate of drug-likeness (QED) is 0.612. The normalized spacial score (nSPS) is 10.5. The number of carbonyl (C=O) groups is 1. The van der Waals surface area contributed by atoms with Crippen molar-refractivity contribution in [3.05, 3.63) is 48.0 Å². The molecule has 0 bridgehead atoms. The number of nitrogens with one attached hydrogen (secondary N) is 1. The van der Waals surface area contributed by atoms with Crippen LogP contribution in [0.2, 0.25) is 0 Å². The number of benzene rings is 2. The molecular weight excluding hydrogens is 366 g/mol. The van der Waals surface area contributed by atoms with Crippen LogP contribution < -0.4 is 14.8 Å². The summed E-state index contributed by atoms with van der Waals surface area (Å²) >= 11 is 1.59. The van der Waals surface area contributed by atoms with E-state index in [-0.39, 0.29) is 17.8 Å². The van der Waals surface area contributed by atoms with Crippen LogP contribution in [0.4, 0.5) is 6.01 Å². The Balaban J connectivity index is 1.84. The molecule has 1 heterocycles. The fourth-order valence-electron chi connectivity index (χ4n) is 2.46. The molecule has 0 fully saturated rings. The summed E-state index contributed by atoms with van der Waals surface area (Å²) in [4.78, 5) is 13.5. The summed E-state index contributed by atoms with van der Waals surface area (Å²) in [6.07, 6.45) is 0. The number of ether oxygens (including phenoxy) is 2. The van der Waals surface area contributed by atoms with E-state index in [4.69, 9.17) is 13.9 Å². The third-order valence-corrected chi connectivity index (χ3v) is 4.67. The first-order valence-electron chi connectivity index (χ1n) is 8.25. The number of nitrogens with zero attached hydrogens (tertiary/aromatic N) is 2. The van der Waals surface area contributed by atoms with Crippen LogP contribution in [0.5, 0.6) is 11.5 Å². The summed E-state index contributed by atoms with van der Waals surface area (Å²) in [5.74, 6) is 1.96. The Hall–Kier alpha value is -3.00. The molecule has 0 saturated carbocycles. The van der Waals surface area contributed by atoms with Gasteiger partial charge in [0, 0.05) is 4.90 Å². The number of thioether (sulfide) groups is 1. The van der Waals surface area contributed by atoms with E-state index in [1.807, 2.05) is 25.1 Å². The van der Waals surface area contributed by atoms with Crippen LogP contribution >= 0.6 is 11.8 Å². The predicted octanol–water partition coefficient (Wildman–Crippen LogP) is 4.12. The van der Waals surface area contributed by atoms with Crippen molar-refractivity contribution in [1.29, 1.82) is 0 Å². The molecule has 0 radical (unpaired) electrons. The maximum atomic E-state index is 12.6. The molecular formula is C19H19N3O4S. The number of anilines is 1. The van der Waals surface area contributed by atoms with Crippen molar-refractivity contribution in [2.24, 2.45) is 0 Å². The molecule has 3 aromatic rings. The molecule has 2 aromatic carbocycles. The number of hydrogen-bond acceptors (Lipinski definition) is 7. The molecule has 0 unspecified atom stereocenters.